The molecule has 1 aliphatic carbocycles. The van der Waals surface area contributed by atoms with Gasteiger partial charge in [-0.15, -0.1) is 0 Å². The molecule has 1 aromatic heterocycles. The number of nitrogens with zero attached hydrogens (tertiary/aromatic N) is 1. The highest BCUT2D eigenvalue weighted by atomic mass is 31.2. The van der Waals surface area contributed by atoms with Gasteiger partial charge < -0.3 is 19.3 Å². The number of aliphatic hydroxyl groups is 2. The predicted octanol–water partition coefficient (Wildman–Crippen LogP) is 6.31. The highest BCUT2D eigenvalue weighted by molar-refractivity contribution is 7.53. The summed E-state index contributed by atoms with van der Waals surface area (Å²) in [5.41, 5.74) is 4.50. The van der Waals surface area contributed by atoms with Crippen LogP contribution >= 0.6 is 7.60 Å². The topological polar surface area (TPSA) is 88.9 Å². The highest BCUT2D eigenvalue weighted by Gasteiger charge is 2.30. The van der Waals surface area contributed by atoms with Gasteiger partial charge >= 0.3 is 7.60 Å². The number of rotatable bonds is 12. The number of pyridine rings is 1. The minimum absolute atomic E-state index is 0.0215. The molecular formula is C28H33FNO5P. The third-order valence-electron chi connectivity index (χ3n) is 6.14. The molecule has 192 valence electrons. The first kappa shape index (κ1) is 26.6. The van der Waals surface area contributed by atoms with Gasteiger partial charge in [-0.1, -0.05) is 42.5 Å². The van der Waals surface area contributed by atoms with Crippen LogP contribution in [0.2, 0.25) is 0 Å². The molecular weight excluding hydrogens is 480 g/mol. The molecule has 2 N–H and O–H groups in total. The Morgan fingerprint density at radius 1 is 1.08 bits per heavy atom. The summed E-state index contributed by atoms with van der Waals surface area (Å²) in [6, 6.07) is 14.3. The first-order chi connectivity index (χ1) is 17.3. The van der Waals surface area contributed by atoms with Gasteiger partial charge in [0.05, 0.1) is 42.8 Å². The molecule has 36 heavy (non-hydrogen) atoms. The maximum atomic E-state index is 13.7. The van der Waals surface area contributed by atoms with Crippen LogP contribution in [0.15, 0.2) is 54.6 Å². The Balaban J connectivity index is 1.65. The lowest BCUT2D eigenvalue weighted by Crippen LogP contribution is -2.21. The normalized spacial score (nSPS) is 16.0. The lowest BCUT2D eigenvalue weighted by Gasteiger charge is -2.21. The Morgan fingerprint density at radius 3 is 2.39 bits per heavy atom. The van der Waals surface area contributed by atoms with Crippen LogP contribution in [-0.2, 0) is 13.6 Å². The molecule has 1 aliphatic rings. The van der Waals surface area contributed by atoms with E-state index in [4.69, 9.17) is 14.0 Å². The smallest absolute Gasteiger partial charge is 0.333 e. The summed E-state index contributed by atoms with van der Waals surface area (Å²) >= 11 is 0. The van der Waals surface area contributed by atoms with Crippen LogP contribution in [0.1, 0.15) is 50.3 Å². The molecule has 0 amide bonds. The van der Waals surface area contributed by atoms with Crippen LogP contribution in [0.4, 0.5) is 4.39 Å². The molecule has 6 nitrogen and oxygen atoms in total. The number of halogens is 1. The standard InChI is InChI=1S/C28H33FNO5P/c1-3-34-36(33,35-4-2)18-23(32)17-22(31)15-16-25-27(19-11-13-21(29)14-12-19)24-7-5-6-8-26(24)30-28(25)20-9-10-20/h5-8,11-16,20,22-23,31-32H,3-4,9-10,17-18H2,1-2H3/b16-15+/t22-,23-/m1/s1. The van der Waals surface area contributed by atoms with Gasteiger partial charge in [-0.2, -0.15) is 0 Å². The van der Waals surface area contributed by atoms with E-state index in [1.54, 1.807) is 32.1 Å². The van der Waals surface area contributed by atoms with Crippen molar-refractivity contribution in [1.29, 1.82) is 0 Å². The average Bonchev–Trinajstić information content (AvgIpc) is 3.68. The zero-order chi connectivity index (χ0) is 25.7. The van der Waals surface area contributed by atoms with Gasteiger partial charge in [-0.05, 0) is 50.5 Å². The van der Waals surface area contributed by atoms with E-state index in [2.05, 4.69) is 0 Å². The third kappa shape index (κ3) is 6.47. The molecule has 2 atom stereocenters. The maximum Gasteiger partial charge on any atom is 0.333 e. The summed E-state index contributed by atoms with van der Waals surface area (Å²) < 4.78 is 36.9. The van der Waals surface area contributed by atoms with Crippen LogP contribution in [-0.4, -0.2) is 46.8 Å². The Bertz CT molecular complexity index is 1250. The minimum atomic E-state index is -3.43. The Hall–Kier alpha value is -2.41. The number of aliphatic hydroxyl groups excluding tert-OH is 2. The second-order valence-electron chi connectivity index (χ2n) is 9.03. The van der Waals surface area contributed by atoms with Gasteiger partial charge in [0.2, 0.25) is 0 Å². The van der Waals surface area contributed by atoms with Crippen molar-refractivity contribution in [3.05, 3.63) is 71.7 Å². The fourth-order valence-corrected chi connectivity index (χ4v) is 6.18. The van der Waals surface area contributed by atoms with E-state index in [1.165, 1.54) is 12.1 Å². The number of aromatic nitrogens is 1. The fraction of sp³-hybridized carbons (Fsp3) is 0.393. The first-order valence-corrected chi connectivity index (χ1v) is 14.2. The molecule has 3 aromatic rings. The fourth-order valence-electron chi connectivity index (χ4n) is 4.44. The molecule has 0 unspecified atom stereocenters. The molecule has 4 rings (SSSR count). The first-order valence-electron chi connectivity index (χ1n) is 12.4. The van der Waals surface area contributed by atoms with Gasteiger partial charge in [0.15, 0.2) is 0 Å². The minimum Gasteiger partial charge on any atom is -0.392 e. The van der Waals surface area contributed by atoms with Crippen LogP contribution in [0.3, 0.4) is 0 Å². The SMILES string of the molecule is CCOP(=O)(C[C@H](O)C[C@H](O)/C=C/c1c(C2CC2)nc2ccccc2c1-c1ccc(F)cc1)OCC. The van der Waals surface area contributed by atoms with E-state index < -0.39 is 19.8 Å². The largest absolute Gasteiger partial charge is 0.392 e. The Labute approximate surface area is 211 Å². The lowest BCUT2D eigenvalue weighted by atomic mass is 9.92. The van der Waals surface area contributed by atoms with Crippen molar-refractivity contribution < 1.29 is 28.2 Å². The van der Waals surface area contributed by atoms with Crippen LogP contribution in [0.25, 0.3) is 28.1 Å². The van der Waals surface area contributed by atoms with Crippen molar-refractivity contribution in [3.8, 4) is 11.1 Å². The van der Waals surface area contributed by atoms with E-state index in [0.717, 1.165) is 46.1 Å². The second-order valence-corrected chi connectivity index (χ2v) is 11.1. The van der Waals surface area contributed by atoms with Crippen molar-refractivity contribution in [2.24, 2.45) is 0 Å². The molecule has 1 fully saturated rings. The molecule has 0 saturated heterocycles. The van der Waals surface area contributed by atoms with Gasteiger partial charge in [0.25, 0.3) is 0 Å². The van der Waals surface area contributed by atoms with Crippen LogP contribution in [0, 0.1) is 5.82 Å². The van der Waals surface area contributed by atoms with E-state index in [1.807, 2.05) is 30.3 Å². The molecule has 0 aliphatic heterocycles. The van der Waals surface area contributed by atoms with Gasteiger partial charge in [-0.3, -0.25) is 9.55 Å². The molecule has 0 bridgehead atoms. The summed E-state index contributed by atoms with van der Waals surface area (Å²) in [7, 11) is -3.43. The van der Waals surface area contributed by atoms with Crippen LogP contribution < -0.4 is 0 Å². The average molecular weight is 514 g/mol. The second kappa shape index (κ2) is 11.8. The van der Waals surface area contributed by atoms with Crippen molar-refractivity contribution in [3.63, 3.8) is 0 Å². The molecule has 1 saturated carbocycles. The molecule has 1 heterocycles. The summed E-state index contributed by atoms with van der Waals surface area (Å²) in [5.74, 6) is 0.0249. The van der Waals surface area contributed by atoms with Gasteiger partial charge in [-0.25, -0.2) is 4.39 Å². The van der Waals surface area contributed by atoms with Crippen molar-refractivity contribution >= 4 is 24.6 Å². The molecule has 0 radical (unpaired) electrons. The van der Waals surface area contributed by atoms with Crippen molar-refractivity contribution in [2.75, 3.05) is 19.4 Å². The van der Waals surface area contributed by atoms with E-state index >= 15 is 0 Å². The lowest BCUT2D eigenvalue weighted by molar-refractivity contribution is 0.110. The summed E-state index contributed by atoms with van der Waals surface area (Å²) in [6.07, 6.45) is 3.28. The number of para-hydroxylation sites is 1. The zero-order valence-electron chi connectivity index (χ0n) is 20.6. The highest BCUT2D eigenvalue weighted by Crippen LogP contribution is 2.49. The number of fused-ring (bicyclic) bond motifs is 1. The maximum absolute atomic E-state index is 13.7. The molecule has 2 aromatic carbocycles. The summed E-state index contributed by atoms with van der Waals surface area (Å²) in [4.78, 5) is 4.94. The monoisotopic (exact) mass is 513 g/mol. The summed E-state index contributed by atoms with van der Waals surface area (Å²) in [6.45, 7) is 3.84. The number of hydrogen-bond donors (Lipinski definition) is 2. The van der Waals surface area contributed by atoms with Crippen LogP contribution in [0.5, 0.6) is 0 Å². The third-order valence-corrected chi connectivity index (χ3v) is 8.31. The molecule has 0 spiro atoms. The van der Waals surface area contributed by atoms with E-state index in [-0.39, 0.29) is 31.6 Å². The van der Waals surface area contributed by atoms with Gasteiger partial charge in [0.1, 0.15) is 5.82 Å². The summed E-state index contributed by atoms with van der Waals surface area (Å²) in [5, 5.41) is 22.1. The quantitative estimate of drug-likeness (QED) is 0.276. The van der Waals surface area contributed by atoms with Crippen molar-refractivity contribution in [1.82, 2.24) is 4.98 Å². The Kier molecular flexibility index (Phi) is 8.70. The molecule has 8 heteroatoms. The Morgan fingerprint density at radius 2 is 1.75 bits per heavy atom. The van der Waals surface area contributed by atoms with E-state index in [0.29, 0.717) is 5.92 Å². The van der Waals surface area contributed by atoms with E-state index in [9.17, 15) is 19.2 Å². The van der Waals surface area contributed by atoms with Gasteiger partial charge in [0, 0.05) is 28.9 Å². The number of hydrogen-bond acceptors (Lipinski definition) is 6. The predicted molar refractivity (Wildman–Crippen MR) is 141 cm³/mol. The zero-order valence-corrected chi connectivity index (χ0v) is 21.5. The van der Waals surface area contributed by atoms with Crippen molar-refractivity contribution in [2.45, 2.75) is 51.2 Å². The number of benzene rings is 2.